The topological polar surface area (TPSA) is 89.0 Å². The molecule has 0 atom stereocenters. The van der Waals surface area contributed by atoms with Gasteiger partial charge in [0, 0.05) is 65.1 Å². The third-order valence-corrected chi connectivity index (χ3v) is 7.07. The van der Waals surface area contributed by atoms with Crippen molar-refractivity contribution in [2.24, 2.45) is 5.92 Å². The van der Waals surface area contributed by atoms with Crippen LogP contribution in [0.5, 0.6) is 0 Å². The van der Waals surface area contributed by atoms with Gasteiger partial charge in [-0.05, 0) is 60.7 Å². The lowest BCUT2D eigenvalue weighted by atomic mass is 9.92. The Hall–Kier alpha value is -3.42. The maximum absolute atomic E-state index is 13.6. The number of aromatic amines is 1. The second-order valence-corrected chi connectivity index (χ2v) is 9.64. The van der Waals surface area contributed by atoms with Crippen molar-refractivity contribution < 1.29 is 9.53 Å². The number of fused-ring (bicyclic) bond motifs is 1. The van der Waals surface area contributed by atoms with E-state index >= 15 is 0 Å². The molecule has 0 bridgehead atoms. The number of ether oxygens (including phenoxy) is 1. The first kappa shape index (κ1) is 24.3. The van der Waals surface area contributed by atoms with Gasteiger partial charge in [0.1, 0.15) is 5.78 Å². The summed E-state index contributed by atoms with van der Waals surface area (Å²) in [6.45, 7) is 3.60. The molecule has 5 rings (SSSR count). The first-order valence-electron chi connectivity index (χ1n) is 12.3. The number of aromatic nitrogens is 3. The minimum atomic E-state index is -0.222. The fourth-order valence-corrected chi connectivity index (χ4v) is 4.83. The van der Waals surface area contributed by atoms with E-state index < -0.39 is 0 Å². The van der Waals surface area contributed by atoms with Crippen molar-refractivity contribution >= 4 is 39.9 Å². The third kappa shape index (κ3) is 5.22. The van der Waals surface area contributed by atoms with Crippen LogP contribution in [0.1, 0.15) is 36.5 Å². The van der Waals surface area contributed by atoms with Gasteiger partial charge in [-0.25, -0.2) is 4.98 Å². The molecule has 2 aromatic heterocycles. The normalized spacial score (nSPS) is 14.3. The van der Waals surface area contributed by atoms with Gasteiger partial charge in [-0.3, -0.25) is 14.2 Å². The largest absolute Gasteiger partial charge is 0.381 e. The molecule has 1 saturated heterocycles. The fraction of sp³-hybridized carbons (Fsp3) is 0.321. The molecule has 4 aromatic rings. The number of anilines is 2. The molecule has 2 aromatic carbocycles. The average molecular weight is 505 g/mol. The van der Waals surface area contributed by atoms with Crippen LogP contribution >= 0.6 is 11.6 Å². The van der Waals surface area contributed by atoms with Crippen LogP contribution in [0.25, 0.3) is 10.9 Å². The van der Waals surface area contributed by atoms with Crippen molar-refractivity contribution in [3.8, 4) is 0 Å². The molecule has 0 unspecified atom stereocenters. The highest BCUT2D eigenvalue weighted by molar-refractivity contribution is 6.30. The molecule has 7 nitrogen and oxygen atoms in total. The molecule has 0 aliphatic carbocycles. The number of carbonyl (C=O) groups is 1. The Labute approximate surface area is 214 Å². The summed E-state index contributed by atoms with van der Waals surface area (Å²) in [5.41, 5.74) is 4.21. The molecule has 1 fully saturated rings. The van der Waals surface area contributed by atoms with Crippen molar-refractivity contribution in [3.05, 3.63) is 86.9 Å². The van der Waals surface area contributed by atoms with Crippen LogP contribution in [0, 0.1) is 5.92 Å². The summed E-state index contributed by atoms with van der Waals surface area (Å²) in [6.07, 6.45) is 5.95. The summed E-state index contributed by atoms with van der Waals surface area (Å²) >= 11 is 6.06. The van der Waals surface area contributed by atoms with Gasteiger partial charge in [0.05, 0.1) is 6.54 Å². The number of rotatable bonds is 8. The van der Waals surface area contributed by atoms with Crippen molar-refractivity contribution in [1.82, 2.24) is 14.5 Å². The van der Waals surface area contributed by atoms with Crippen molar-refractivity contribution in [2.75, 3.05) is 18.5 Å². The van der Waals surface area contributed by atoms with Gasteiger partial charge in [0.2, 0.25) is 5.95 Å². The summed E-state index contributed by atoms with van der Waals surface area (Å²) in [5.74, 6) is 0.424. The SMILES string of the molecule is CCc1c[nH]c2ccc(Nc3ncc(CC(=O)C4CCOCC4)c(=O)n3Cc3ccc(Cl)cc3)cc12. The molecular formula is C28H29ClN4O3. The summed E-state index contributed by atoms with van der Waals surface area (Å²) in [4.78, 5) is 34.4. The second kappa shape index (κ2) is 10.7. The fourth-order valence-electron chi connectivity index (χ4n) is 4.70. The van der Waals surface area contributed by atoms with Crippen molar-refractivity contribution in [1.29, 1.82) is 0 Å². The van der Waals surface area contributed by atoms with Crippen LogP contribution in [0.2, 0.25) is 5.02 Å². The summed E-state index contributed by atoms with van der Waals surface area (Å²) in [7, 11) is 0. The van der Waals surface area contributed by atoms with Gasteiger partial charge in [-0.15, -0.1) is 0 Å². The van der Waals surface area contributed by atoms with E-state index in [9.17, 15) is 9.59 Å². The van der Waals surface area contributed by atoms with Gasteiger partial charge in [0.15, 0.2) is 0 Å². The maximum atomic E-state index is 13.6. The van der Waals surface area contributed by atoms with E-state index in [1.807, 2.05) is 30.5 Å². The Bertz CT molecular complexity index is 1440. The summed E-state index contributed by atoms with van der Waals surface area (Å²) in [5, 5.41) is 5.09. The average Bonchev–Trinajstić information content (AvgIpc) is 3.32. The molecule has 1 aliphatic heterocycles. The van der Waals surface area contributed by atoms with Crippen LogP contribution in [0.4, 0.5) is 11.6 Å². The lowest BCUT2D eigenvalue weighted by Crippen LogP contribution is -2.31. The molecule has 8 heteroatoms. The van der Waals surface area contributed by atoms with Gasteiger partial charge in [0.25, 0.3) is 5.56 Å². The Kier molecular flexibility index (Phi) is 7.20. The highest BCUT2D eigenvalue weighted by atomic mass is 35.5. The van der Waals surface area contributed by atoms with Crippen LogP contribution in [-0.4, -0.2) is 33.5 Å². The first-order valence-corrected chi connectivity index (χ1v) is 12.7. The zero-order valence-electron chi connectivity index (χ0n) is 20.2. The molecule has 2 N–H and O–H groups in total. The van der Waals surface area contributed by atoms with Gasteiger partial charge < -0.3 is 15.0 Å². The van der Waals surface area contributed by atoms with E-state index in [1.54, 1.807) is 16.7 Å². The first-order chi connectivity index (χ1) is 17.5. The highest BCUT2D eigenvalue weighted by Gasteiger charge is 2.23. The molecule has 0 spiro atoms. The molecule has 0 saturated carbocycles. The van der Waals surface area contributed by atoms with Gasteiger partial charge in [-0.2, -0.15) is 0 Å². The zero-order valence-corrected chi connectivity index (χ0v) is 21.0. The van der Waals surface area contributed by atoms with Crippen LogP contribution in [0.3, 0.4) is 0 Å². The summed E-state index contributed by atoms with van der Waals surface area (Å²) in [6, 6.07) is 13.4. The lowest BCUT2D eigenvalue weighted by molar-refractivity contribution is -0.125. The monoisotopic (exact) mass is 504 g/mol. The number of hydrogen-bond acceptors (Lipinski definition) is 5. The number of halogens is 1. The molecule has 0 radical (unpaired) electrons. The Morgan fingerprint density at radius 1 is 1.17 bits per heavy atom. The van der Waals surface area contributed by atoms with E-state index in [4.69, 9.17) is 16.3 Å². The minimum absolute atomic E-state index is 0.0680. The number of nitrogens with one attached hydrogen (secondary N) is 2. The van der Waals surface area contributed by atoms with Crippen LogP contribution < -0.4 is 10.9 Å². The van der Waals surface area contributed by atoms with Crippen molar-refractivity contribution in [3.63, 3.8) is 0 Å². The van der Waals surface area contributed by atoms with Crippen molar-refractivity contribution in [2.45, 2.75) is 39.2 Å². The minimum Gasteiger partial charge on any atom is -0.381 e. The number of benzene rings is 2. The van der Waals surface area contributed by atoms with E-state index in [-0.39, 0.29) is 23.7 Å². The van der Waals surface area contributed by atoms with E-state index in [2.05, 4.69) is 28.3 Å². The molecule has 0 amide bonds. The number of aryl methyl sites for hydroxylation is 1. The van der Waals surface area contributed by atoms with Crippen LogP contribution in [-0.2, 0) is 28.9 Å². The third-order valence-electron chi connectivity index (χ3n) is 6.82. The molecule has 3 heterocycles. The van der Waals surface area contributed by atoms with Gasteiger partial charge >= 0.3 is 0 Å². The number of Topliss-reactive ketones (excluding diaryl/α,β-unsaturated/α-hetero) is 1. The number of H-pyrrole nitrogens is 1. The number of carbonyl (C=O) groups excluding carboxylic acids is 1. The quantitative estimate of drug-likeness (QED) is 0.341. The second-order valence-electron chi connectivity index (χ2n) is 9.21. The standard InChI is InChI=1S/C28H29ClN4O3/c1-2-19-15-30-25-8-7-23(14-24(19)25)32-28-31-16-21(13-26(34)20-9-11-36-12-10-20)27(35)33(28)17-18-3-5-22(29)6-4-18/h3-8,14-16,20,30H,2,9-13,17H2,1H3,(H,31,32). The molecule has 186 valence electrons. The predicted octanol–water partition coefficient (Wildman–Crippen LogP) is 5.27. The Morgan fingerprint density at radius 3 is 2.69 bits per heavy atom. The van der Waals surface area contributed by atoms with E-state index in [0.717, 1.165) is 28.6 Å². The van der Waals surface area contributed by atoms with E-state index in [1.165, 1.54) is 11.8 Å². The predicted molar refractivity (Wildman–Crippen MR) is 142 cm³/mol. The smallest absolute Gasteiger partial charge is 0.258 e. The van der Waals surface area contributed by atoms with Crippen LogP contribution in [0.15, 0.2) is 59.7 Å². The lowest BCUT2D eigenvalue weighted by Gasteiger charge is -2.21. The summed E-state index contributed by atoms with van der Waals surface area (Å²) < 4.78 is 6.97. The Morgan fingerprint density at radius 2 is 1.94 bits per heavy atom. The molecular weight excluding hydrogens is 476 g/mol. The number of nitrogens with zero attached hydrogens (tertiary/aromatic N) is 2. The molecule has 36 heavy (non-hydrogen) atoms. The van der Waals surface area contributed by atoms with Gasteiger partial charge in [-0.1, -0.05) is 30.7 Å². The van der Waals surface area contributed by atoms with E-state index in [0.29, 0.717) is 49.1 Å². The number of ketones is 1. The zero-order chi connectivity index (χ0) is 25.1. The highest BCUT2D eigenvalue weighted by Crippen LogP contribution is 2.25. The molecule has 1 aliphatic rings. The Balaban J connectivity index is 1.48. The maximum Gasteiger partial charge on any atom is 0.258 e. The number of hydrogen-bond donors (Lipinski definition) is 2.